The lowest BCUT2D eigenvalue weighted by atomic mass is 9.80. The van der Waals surface area contributed by atoms with Gasteiger partial charge < -0.3 is 23.7 Å². The minimum absolute atomic E-state index is 0.0900. The summed E-state index contributed by atoms with van der Waals surface area (Å²) in [5.74, 6) is -0.777. The maximum absolute atomic E-state index is 9.00. The molecule has 35 heavy (non-hydrogen) atoms. The second-order valence-corrected chi connectivity index (χ2v) is 9.17. The van der Waals surface area contributed by atoms with Gasteiger partial charge in [0, 0.05) is 0 Å². The molecule has 3 aromatic carbocycles. The summed E-state index contributed by atoms with van der Waals surface area (Å²) in [6.45, 7) is 3.87. The zero-order chi connectivity index (χ0) is 24.3. The average Bonchev–Trinajstić information content (AvgIpc) is 3.38. The van der Waals surface area contributed by atoms with Gasteiger partial charge in [-0.2, -0.15) is 5.26 Å². The molecule has 0 aliphatic carbocycles. The van der Waals surface area contributed by atoms with E-state index in [0.29, 0.717) is 0 Å². The summed E-state index contributed by atoms with van der Waals surface area (Å²) in [5.41, 5.74) is 2.15. The van der Waals surface area contributed by atoms with Crippen LogP contribution in [-0.2, 0) is 29.3 Å². The van der Waals surface area contributed by atoms with Crippen LogP contribution in [0.15, 0.2) is 91.0 Å². The number of fused-ring (bicyclic) bond motifs is 1. The molecular weight excluding hydrogens is 442 g/mol. The quantitative estimate of drug-likeness (QED) is 0.441. The van der Waals surface area contributed by atoms with Crippen LogP contribution in [-0.4, -0.2) is 43.6 Å². The smallest absolute Gasteiger partial charge is 0.188 e. The first kappa shape index (κ1) is 23.7. The minimum Gasteiger partial charge on any atom is -0.358 e. The van der Waals surface area contributed by atoms with Crippen molar-refractivity contribution in [2.75, 3.05) is 13.2 Å². The van der Waals surface area contributed by atoms with Crippen LogP contribution in [0.3, 0.4) is 0 Å². The van der Waals surface area contributed by atoms with Crippen molar-refractivity contribution < 1.29 is 23.7 Å². The monoisotopic (exact) mass is 471 g/mol. The second-order valence-electron chi connectivity index (χ2n) is 9.17. The lowest BCUT2D eigenvalue weighted by molar-refractivity contribution is -0.237. The Morgan fingerprint density at radius 1 is 0.800 bits per heavy atom. The van der Waals surface area contributed by atoms with Crippen LogP contribution >= 0.6 is 0 Å². The van der Waals surface area contributed by atoms with Gasteiger partial charge in [0.15, 0.2) is 12.1 Å². The Morgan fingerprint density at radius 3 is 1.77 bits per heavy atom. The number of nitrogens with zero attached hydrogens (tertiary/aromatic N) is 1. The number of nitriles is 1. The lowest BCUT2D eigenvalue weighted by Crippen LogP contribution is -2.39. The molecule has 6 nitrogen and oxygen atoms in total. The normalized spacial score (nSPS) is 25.2. The Kier molecular flexibility index (Phi) is 6.70. The van der Waals surface area contributed by atoms with Crippen LogP contribution in [0.2, 0.25) is 0 Å². The van der Waals surface area contributed by atoms with Crippen LogP contribution in [0.5, 0.6) is 0 Å². The largest absolute Gasteiger partial charge is 0.358 e. The zero-order valence-electron chi connectivity index (χ0n) is 19.9. The van der Waals surface area contributed by atoms with Crippen LogP contribution in [0, 0.1) is 11.3 Å². The van der Waals surface area contributed by atoms with Gasteiger partial charge in [-0.3, -0.25) is 0 Å². The van der Waals surface area contributed by atoms with Gasteiger partial charge in [0.2, 0.25) is 0 Å². The maximum Gasteiger partial charge on any atom is 0.188 e. The number of ether oxygens (including phenoxy) is 5. The van der Waals surface area contributed by atoms with E-state index in [2.05, 4.69) is 36.4 Å². The van der Waals surface area contributed by atoms with E-state index in [1.807, 2.05) is 74.5 Å². The molecule has 2 aliphatic rings. The number of rotatable bonds is 8. The summed E-state index contributed by atoms with van der Waals surface area (Å²) in [7, 11) is 0. The van der Waals surface area contributed by atoms with Gasteiger partial charge >= 0.3 is 0 Å². The first-order chi connectivity index (χ1) is 17.0. The van der Waals surface area contributed by atoms with E-state index in [0.717, 1.165) is 16.7 Å². The van der Waals surface area contributed by atoms with Crippen molar-refractivity contribution in [2.24, 2.45) is 0 Å². The summed E-state index contributed by atoms with van der Waals surface area (Å²) < 4.78 is 31.0. The summed E-state index contributed by atoms with van der Waals surface area (Å²) in [6, 6.07) is 32.6. The highest BCUT2D eigenvalue weighted by Gasteiger charge is 2.56. The molecular formula is C29H29NO5. The van der Waals surface area contributed by atoms with Crippen LogP contribution in [0.25, 0.3) is 0 Å². The Bertz CT molecular complexity index is 1050. The first-order valence-electron chi connectivity index (χ1n) is 11.8. The fraction of sp³-hybridized carbons (Fsp3) is 0.345. The van der Waals surface area contributed by atoms with Crippen LogP contribution in [0.4, 0.5) is 0 Å². The zero-order valence-corrected chi connectivity index (χ0v) is 19.9. The van der Waals surface area contributed by atoms with E-state index in [1.54, 1.807) is 0 Å². The van der Waals surface area contributed by atoms with E-state index in [4.69, 9.17) is 28.9 Å². The topological polar surface area (TPSA) is 69.9 Å². The molecule has 0 spiro atoms. The fourth-order valence-electron chi connectivity index (χ4n) is 5.01. The molecule has 2 saturated heterocycles. The van der Waals surface area contributed by atoms with Gasteiger partial charge in [0.05, 0.1) is 12.7 Å². The van der Waals surface area contributed by atoms with Crippen LogP contribution in [0.1, 0.15) is 30.5 Å². The summed E-state index contributed by atoms with van der Waals surface area (Å²) >= 11 is 0. The van der Waals surface area contributed by atoms with Crippen LogP contribution < -0.4 is 0 Å². The van der Waals surface area contributed by atoms with Crippen molar-refractivity contribution in [3.63, 3.8) is 0 Å². The summed E-state index contributed by atoms with van der Waals surface area (Å²) in [4.78, 5) is 0. The van der Waals surface area contributed by atoms with Gasteiger partial charge in [-0.1, -0.05) is 91.0 Å². The van der Waals surface area contributed by atoms with Gasteiger partial charge in [-0.25, -0.2) is 0 Å². The average molecular weight is 472 g/mol. The van der Waals surface area contributed by atoms with E-state index in [9.17, 15) is 0 Å². The molecule has 2 unspecified atom stereocenters. The molecule has 6 heteroatoms. The van der Waals surface area contributed by atoms with Gasteiger partial charge in [-0.05, 0) is 30.5 Å². The van der Waals surface area contributed by atoms with Gasteiger partial charge in [0.1, 0.15) is 30.5 Å². The third-order valence-corrected chi connectivity index (χ3v) is 6.42. The number of hydrogen-bond donors (Lipinski definition) is 0. The van der Waals surface area contributed by atoms with E-state index < -0.39 is 29.9 Å². The molecule has 0 saturated carbocycles. The molecule has 3 aromatic rings. The predicted molar refractivity (Wildman–Crippen MR) is 129 cm³/mol. The first-order valence-corrected chi connectivity index (χ1v) is 11.8. The Hall–Kier alpha value is -3.05. The highest BCUT2D eigenvalue weighted by molar-refractivity contribution is 5.47. The predicted octanol–water partition coefficient (Wildman–Crippen LogP) is 4.78. The molecule has 2 heterocycles. The standard InChI is InChI=1S/C29H29NO5/c1-28(2)34-25-24(33-27(26(25)35-28)31-19-18-30)20-32-29(21-12-6-3-7-13-21,22-14-8-4-9-15-22)23-16-10-5-11-17-23/h3-17,24-27H,19-20H2,1-2H3/t24-,25+,26?,27?/m1/s1. The van der Waals surface area contributed by atoms with Crippen molar-refractivity contribution in [3.05, 3.63) is 108 Å². The molecule has 0 bridgehead atoms. The highest BCUT2D eigenvalue weighted by Crippen LogP contribution is 2.43. The van der Waals surface area contributed by atoms with Gasteiger partial charge in [0.25, 0.3) is 0 Å². The van der Waals surface area contributed by atoms with E-state index in [1.165, 1.54) is 0 Å². The molecule has 2 fully saturated rings. The second kappa shape index (κ2) is 9.90. The molecule has 2 aliphatic heterocycles. The van der Waals surface area contributed by atoms with E-state index >= 15 is 0 Å². The molecule has 180 valence electrons. The third-order valence-electron chi connectivity index (χ3n) is 6.42. The Morgan fingerprint density at radius 2 is 1.29 bits per heavy atom. The number of hydrogen-bond acceptors (Lipinski definition) is 6. The SMILES string of the molecule is CC1(C)OC2C(OCC#N)O[C@H](COC(c3ccccc3)(c3ccccc3)c3ccccc3)[C@@H]2O1. The van der Waals surface area contributed by atoms with Crippen molar-refractivity contribution in [2.45, 2.75) is 49.8 Å². The summed E-state index contributed by atoms with van der Waals surface area (Å²) in [5, 5.41) is 9.00. The summed E-state index contributed by atoms with van der Waals surface area (Å²) in [6.07, 6.45) is -1.96. The van der Waals surface area contributed by atoms with Crippen molar-refractivity contribution in [1.29, 1.82) is 5.26 Å². The highest BCUT2D eigenvalue weighted by atomic mass is 16.8. The molecule has 0 N–H and O–H groups in total. The lowest BCUT2D eigenvalue weighted by Gasteiger charge is -2.37. The van der Waals surface area contributed by atoms with Crippen molar-refractivity contribution >= 4 is 0 Å². The fourth-order valence-corrected chi connectivity index (χ4v) is 5.01. The molecule has 0 radical (unpaired) electrons. The maximum atomic E-state index is 9.00. The third kappa shape index (κ3) is 4.62. The minimum atomic E-state index is -0.872. The molecule has 5 rings (SSSR count). The molecule has 0 amide bonds. The molecule has 0 aromatic heterocycles. The van der Waals surface area contributed by atoms with Crippen molar-refractivity contribution in [1.82, 2.24) is 0 Å². The van der Waals surface area contributed by atoms with Crippen molar-refractivity contribution in [3.8, 4) is 6.07 Å². The Balaban J connectivity index is 1.52. The van der Waals surface area contributed by atoms with Gasteiger partial charge in [-0.15, -0.1) is 0 Å². The molecule has 4 atom stereocenters. The van der Waals surface area contributed by atoms with E-state index in [-0.39, 0.29) is 19.3 Å². The number of benzene rings is 3. The Labute approximate surface area is 206 Å².